The van der Waals surface area contributed by atoms with E-state index in [4.69, 9.17) is 5.11 Å². The van der Waals surface area contributed by atoms with Gasteiger partial charge in [-0.2, -0.15) is 0 Å². The molecular weight excluding hydrogens is 240 g/mol. The molecule has 1 rings (SSSR count). The number of benzene rings is 1. The molecule has 0 saturated heterocycles. The Balaban J connectivity index is 2.78. The molecule has 7 heteroatoms. The van der Waals surface area contributed by atoms with Gasteiger partial charge >= 0.3 is 5.97 Å². The molecule has 0 spiro atoms. The monoisotopic (exact) mass is 252 g/mol. The maximum atomic E-state index is 10.9. The minimum atomic E-state index is -1.15. The van der Waals surface area contributed by atoms with Crippen molar-refractivity contribution in [2.45, 2.75) is 19.4 Å². The van der Waals surface area contributed by atoms with Crippen LogP contribution in [0.1, 0.15) is 12.5 Å². The Hall–Kier alpha value is -2.44. The van der Waals surface area contributed by atoms with Crippen LogP contribution < -0.4 is 5.32 Å². The van der Waals surface area contributed by atoms with Gasteiger partial charge in [-0.25, -0.2) is 4.79 Å². The van der Waals surface area contributed by atoms with Crippen LogP contribution in [0.25, 0.3) is 0 Å². The number of aliphatic carboxylic acids is 1. The van der Waals surface area contributed by atoms with Crippen molar-refractivity contribution < 1.29 is 19.6 Å². The second kappa shape index (κ2) is 5.76. The van der Waals surface area contributed by atoms with Crippen LogP contribution in [-0.4, -0.2) is 27.9 Å². The second-order valence-corrected chi connectivity index (χ2v) is 3.72. The molecular formula is C11H12N2O5. The van der Waals surface area contributed by atoms with E-state index in [1.54, 1.807) is 0 Å². The zero-order valence-electron chi connectivity index (χ0n) is 9.62. The van der Waals surface area contributed by atoms with E-state index >= 15 is 0 Å². The van der Waals surface area contributed by atoms with Crippen LogP contribution >= 0.6 is 0 Å². The van der Waals surface area contributed by atoms with Crippen LogP contribution in [0, 0.1) is 10.1 Å². The summed E-state index contributed by atoms with van der Waals surface area (Å²) in [4.78, 5) is 31.6. The first kappa shape index (κ1) is 13.6. The third kappa shape index (κ3) is 3.85. The minimum Gasteiger partial charge on any atom is -0.480 e. The summed E-state index contributed by atoms with van der Waals surface area (Å²) in [6, 6.07) is 4.49. The van der Waals surface area contributed by atoms with Crippen molar-refractivity contribution >= 4 is 17.6 Å². The molecule has 0 aromatic heterocycles. The highest BCUT2D eigenvalue weighted by Gasteiger charge is 2.19. The first-order chi connectivity index (χ1) is 8.40. The molecule has 0 aliphatic carbocycles. The minimum absolute atomic E-state index is 0.0647. The molecule has 0 fully saturated rings. The van der Waals surface area contributed by atoms with E-state index < -0.39 is 22.8 Å². The summed E-state index contributed by atoms with van der Waals surface area (Å²) in [5.74, 6) is -1.59. The number of nitrogens with one attached hydrogen (secondary N) is 1. The first-order valence-electron chi connectivity index (χ1n) is 5.13. The number of carboxylic acid groups (broad SMARTS) is 1. The van der Waals surface area contributed by atoms with E-state index in [0.29, 0.717) is 5.56 Å². The topological polar surface area (TPSA) is 110 Å². The summed E-state index contributed by atoms with van der Waals surface area (Å²) in [5.41, 5.74) is 0.534. The second-order valence-electron chi connectivity index (χ2n) is 3.72. The van der Waals surface area contributed by atoms with Gasteiger partial charge in [0.25, 0.3) is 5.69 Å². The standard InChI is InChI=1S/C11H12N2O5/c1-7(14)12-10(11(15)16)6-8-2-4-9(5-3-8)13(17)18/h2-5,10H,6H2,1H3,(H,12,14)(H,15,16)/t10-/m0/s1. The smallest absolute Gasteiger partial charge is 0.326 e. The molecule has 0 radical (unpaired) electrons. The van der Waals surface area contributed by atoms with Crippen LogP contribution in [0.2, 0.25) is 0 Å². The lowest BCUT2D eigenvalue weighted by Crippen LogP contribution is -2.41. The number of amides is 1. The van der Waals surface area contributed by atoms with Crippen molar-refractivity contribution in [2.24, 2.45) is 0 Å². The van der Waals surface area contributed by atoms with Gasteiger partial charge in [-0.3, -0.25) is 14.9 Å². The fourth-order valence-electron chi connectivity index (χ4n) is 1.43. The number of nitro benzene ring substituents is 1. The summed E-state index contributed by atoms with van der Waals surface area (Å²) in [7, 11) is 0. The van der Waals surface area contributed by atoms with Crippen LogP contribution in [-0.2, 0) is 16.0 Å². The van der Waals surface area contributed by atoms with Gasteiger partial charge in [0, 0.05) is 25.5 Å². The number of hydrogen-bond acceptors (Lipinski definition) is 4. The molecule has 96 valence electrons. The molecule has 1 amide bonds. The number of rotatable bonds is 5. The Kier molecular flexibility index (Phi) is 4.36. The van der Waals surface area contributed by atoms with Gasteiger partial charge < -0.3 is 10.4 Å². The SMILES string of the molecule is CC(=O)N[C@@H](Cc1ccc([N+](=O)[O-])cc1)C(=O)O. The van der Waals surface area contributed by atoms with Crippen LogP contribution in [0.4, 0.5) is 5.69 Å². The fraction of sp³-hybridized carbons (Fsp3) is 0.273. The highest BCUT2D eigenvalue weighted by molar-refractivity contribution is 5.82. The molecule has 0 heterocycles. The van der Waals surface area contributed by atoms with Crippen molar-refractivity contribution in [3.05, 3.63) is 39.9 Å². The number of carbonyl (C=O) groups is 2. The number of carboxylic acids is 1. The van der Waals surface area contributed by atoms with E-state index in [9.17, 15) is 19.7 Å². The maximum Gasteiger partial charge on any atom is 0.326 e. The Morgan fingerprint density at radius 1 is 1.39 bits per heavy atom. The molecule has 1 atom stereocenters. The average Bonchev–Trinajstić information content (AvgIpc) is 2.28. The summed E-state index contributed by atoms with van der Waals surface area (Å²) in [5, 5.41) is 21.6. The highest BCUT2D eigenvalue weighted by Crippen LogP contribution is 2.13. The molecule has 7 nitrogen and oxygen atoms in total. The predicted octanol–water partition coefficient (Wildman–Crippen LogP) is 0.727. The van der Waals surface area contributed by atoms with E-state index in [1.165, 1.54) is 31.2 Å². The zero-order valence-corrected chi connectivity index (χ0v) is 9.62. The van der Waals surface area contributed by atoms with Crippen molar-refractivity contribution in [1.29, 1.82) is 0 Å². The van der Waals surface area contributed by atoms with E-state index in [2.05, 4.69) is 5.32 Å². The van der Waals surface area contributed by atoms with Crippen LogP contribution in [0.15, 0.2) is 24.3 Å². The molecule has 0 aliphatic rings. The van der Waals surface area contributed by atoms with Crippen molar-refractivity contribution in [3.8, 4) is 0 Å². The Morgan fingerprint density at radius 2 is 1.94 bits per heavy atom. The number of hydrogen-bond donors (Lipinski definition) is 2. The number of carbonyl (C=O) groups excluding carboxylic acids is 1. The largest absolute Gasteiger partial charge is 0.480 e. The molecule has 0 bridgehead atoms. The van der Waals surface area contributed by atoms with Gasteiger partial charge in [-0.05, 0) is 5.56 Å². The molecule has 0 aliphatic heterocycles. The van der Waals surface area contributed by atoms with Gasteiger partial charge in [0.2, 0.25) is 5.91 Å². The third-order valence-corrected chi connectivity index (χ3v) is 2.26. The van der Waals surface area contributed by atoms with Crippen molar-refractivity contribution in [3.63, 3.8) is 0 Å². The first-order valence-corrected chi connectivity index (χ1v) is 5.13. The van der Waals surface area contributed by atoms with E-state index in [-0.39, 0.29) is 12.1 Å². The molecule has 1 aromatic carbocycles. The van der Waals surface area contributed by atoms with Gasteiger partial charge in [0.05, 0.1) is 4.92 Å². The maximum absolute atomic E-state index is 10.9. The average molecular weight is 252 g/mol. The third-order valence-electron chi connectivity index (χ3n) is 2.26. The summed E-state index contributed by atoms with van der Waals surface area (Å²) in [6.45, 7) is 1.23. The van der Waals surface area contributed by atoms with Gasteiger partial charge in [0.1, 0.15) is 6.04 Å². The predicted molar refractivity (Wildman–Crippen MR) is 62.0 cm³/mol. The number of nitrogens with zero attached hydrogens (tertiary/aromatic N) is 1. The molecule has 18 heavy (non-hydrogen) atoms. The van der Waals surface area contributed by atoms with Crippen LogP contribution in [0.5, 0.6) is 0 Å². The zero-order chi connectivity index (χ0) is 13.7. The van der Waals surface area contributed by atoms with E-state index in [1.807, 2.05) is 0 Å². The highest BCUT2D eigenvalue weighted by atomic mass is 16.6. The molecule has 0 saturated carbocycles. The van der Waals surface area contributed by atoms with Crippen LogP contribution in [0.3, 0.4) is 0 Å². The Labute approximate surface area is 103 Å². The quantitative estimate of drug-likeness (QED) is 0.592. The Morgan fingerprint density at radius 3 is 2.33 bits per heavy atom. The van der Waals surface area contributed by atoms with Gasteiger partial charge in [-0.1, -0.05) is 12.1 Å². The molecule has 1 aromatic rings. The lowest BCUT2D eigenvalue weighted by molar-refractivity contribution is -0.384. The Bertz CT molecular complexity index is 469. The molecule has 0 unspecified atom stereocenters. The fourth-order valence-corrected chi connectivity index (χ4v) is 1.43. The molecule has 2 N–H and O–H groups in total. The lowest BCUT2D eigenvalue weighted by Gasteiger charge is -2.12. The van der Waals surface area contributed by atoms with Crippen molar-refractivity contribution in [1.82, 2.24) is 5.32 Å². The number of nitro groups is 1. The van der Waals surface area contributed by atoms with Gasteiger partial charge in [0.15, 0.2) is 0 Å². The number of non-ortho nitro benzene ring substituents is 1. The van der Waals surface area contributed by atoms with Crippen molar-refractivity contribution in [2.75, 3.05) is 0 Å². The lowest BCUT2D eigenvalue weighted by atomic mass is 10.1. The normalized spacial score (nSPS) is 11.6. The van der Waals surface area contributed by atoms with Gasteiger partial charge in [-0.15, -0.1) is 0 Å². The summed E-state index contributed by atoms with van der Waals surface area (Å²) >= 11 is 0. The van der Waals surface area contributed by atoms with E-state index in [0.717, 1.165) is 0 Å². The summed E-state index contributed by atoms with van der Waals surface area (Å²) in [6.07, 6.45) is 0.0763. The summed E-state index contributed by atoms with van der Waals surface area (Å²) < 4.78 is 0.